The van der Waals surface area contributed by atoms with Crippen LogP contribution in [0, 0.1) is 0 Å². The van der Waals surface area contributed by atoms with Crippen molar-refractivity contribution < 1.29 is 14.3 Å². The number of nitrogens with zero attached hydrogens (tertiary/aromatic N) is 1. The van der Waals surface area contributed by atoms with Crippen LogP contribution in [0.4, 0.5) is 0 Å². The summed E-state index contributed by atoms with van der Waals surface area (Å²) >= 11 is 0. The van der Waals surface area contributed by atoms with E-state index < -0.39 is 0 Å². The molecule has 0 aliphatic heterocycles. The number of carbonyl (C=O) groups excluding carboxylic acids is 1. The third kappa shape index (κ3) is 6.61. The summed E-state index contributed by atoms with van der Waals surface area (Å²) in [6, 6.07) is 5.60. The summed E-state index contributed by atoms with van der Waals surface area (Å²) in [7, 11) is 0. The standard InChI is InChI=1S/C17H26N2O3/c1-4-7-8-17(20)19-18-13-14-9-10-15(22-11-5-2)16(12-14)21-6-3/h9-10,12-13H,4-8,11H2,1-3H3,(H,19,20)/b18-13+. The van der Waals surface area contributed by atoms with Crippen molar-refractivity contribution in [2.24, 2.45) is 5.10 Å². The van der Waals surface area contributed by atoms with Gasteiger partial charge >= 0.3 is 0 Å². The lowest BCUT2D eigenvalue weighted by molar-refractivity contribution is -0.121. The van der Waals surface area contributed by atoms with Gasteiger partial charge in [-0.05, 0) is 43.5 Å². The van der Waals surface area contributed by atoms with E-state index in [9.17, 15) is 4.79 Å². The van der Waals surface area contributed by atoms with Crippen LogP contribution in [0.25, 0.3) is 0 Å². The number of hydrogen-bond acceptors (Lipinski definition) is 4. The third-order valence-electron chi connectivity index (χ3n) is 2.89. The highest BCUT2D eigenvalue weighted by atomic mass is 16.5. The Hall–Kier alpha value is -2.04. The summed E-state index contributed by atoms with van der Waals surface area (Å²) in [5, 5.41) is 3.97. The minimum atomic E-state index is -0.0639. The van der Waals surface area contributed by atoms with Crippen molar-refractivity contribution in [1.29, 1.82) is 0 Å². The van der Waals surface area contributed by atoms with Gasteiger partial charge in [-0.15, -0.1) is 0 Å². The molecule has 1 aromatic carbocycles. The maximum Gasteiger partial charge on any atom is 0.240 e. The molecule has 0 fully saturated rings. The van der Waals surface area contributed by atoms with Crippen LogP contribution in [0.5, 0.6) is 11.5 Å². The second-order valence-electron chi connectivity index (χ2n) is 4.88. The number of rotatable bonds is 10. The Morgan fingerprint density at radius 2 is 2.00 bits per heavy atom. The Morgan fingerprint density at radius 1 is 1.18 bits per heavy atom. The molecule has 0 saturated carbocycles. The summed E-state index contributed by atoms with van der Waals surface area (Å²) in [6.07, 6.45) is 4.92. The number of hydrazone groups is 1. The molecule has 0 aromatic heterocycles. The van der Waals surface area contributed by atoms with Crippen LogP contribution >= 0.6 is 0 Å². The van der Waals surface area contributed by atoms with Crippen molar-refractivity contribution in [2.75, 3.05) is 13.2 Å². The Labute approximate surface area is 132 Å². The fraction of sp³-hybridized carbons (Fsp3) is 0.529. The quantitative estimate of drug-likeness (QED) is 0.531. The topological polar surface area (TPSA) is 59.9 Å². The molecular formula is C17H26N2O3. The van der Waals surface area contributed by atoms with Gasteiger partial charge in [0.2, 0.25) is 5.91 Å². The van der Waals surface area contributed by atoms with Crippen molar-refractivity contribution >= 4 is 12.1 Å². The SMILES string of the molecule is CCCCC(=O)N/N=C/c1ccc(OCCC)c(OCC)c1. The first-order valence-electron chi connectivity index (χ1n) is 7.92. The maximum absolute atomic E-state index is 11.5. The van der Waals surface area contributed by atoms with Gasteiger partial charge in [0, 0.05) is 6.42 Å². The van der Waals surface area contributed by atoms with Gasteiger partial charge in [-0.2, -0.15) is 5.10 Å². The molecule has 0 spiro atoms. The van der Waals surface area contributed by atoms with Crippen molar-refractivity contribution in [3.05, 3.63) is 23.8 Å². The molecule has 122 valence electrons. The summed E-state index contributed by atoms with van der Waals surface area (Å²) in [4.78, 5) is 11.5. The first-order chi connectivity index (χ1) is 10.7. The molecule has 0 saturated heterocycles. The van der Waals surface area contributed by atoms with Crippen LogP contribution in [0.15, 0.2) is 23.3 Å². The average Bonchev–Trinajstić information content (AvgIpc) is 2.52. The maximum atomic E-state index is 11.5. The Kier molecular flexibility index (Phi) is 8.72. The summed E-state index contributed by atoms with van der Waals surface area (Å²) in [5.74, 6) is 1.36. The highest BCUT2D eigenvalue weighted by Gasteiger charge is 2.05. The number of benzene rings is 1. The second kappa shape index (κ2) is 10.7. The predicted octanol–water partition coefficient (Wildman–Crippen LogP) is 3.51. The molecule has 0 aliphatic carbocycles. The van der Waals surface area contributed by atoms with Crippen LogP contribution in [0.3, 0.4) is 0 Å². The molecule has 1 N–H and O–H groups in total. The van der Waals surface area contributed by atoms with Crippen LogP contribution in [-0.4, -0.2) is 25.3 Å². The van der Waals surface area contributed by atoms with E-state index in [2.05, 4.69) is 17.5 Å². The Bertz CT molecular complexity index is 487. The highest BCUT2D eigenvalue weighted by molar-refractivity contribution is 5.83. The zero-order valence-electron chi connectivity index (χ0n) is 13.7. The van der Waals surface area contributed by atoms with Crippen LogP contribution < -0.4 is 14.9 Å². The molecule has 5 nitrogen and oxygen atoms in total. The van der Waals surface area contributed by atoms with E-state index in [0.717, 1.165) is 30.6 Å². The zero-order valence-corrected chi connectivity index (χ0v) is 13.7. The van der Waals surface area contributed by atoms with Gasteiger partial charge in [0.1, 0.15) is 0 Å². The smallest absolute Gasteiger partial charge is 0.240 e. The van der Waals surface area contributed by atoms with Gasteiger partial charge in [0.05, 0.1) is 19.4 Å². The molecule has 0 unspecified atom stereocenters. The molecule has 1 amide bonds. The lowest BCUT2D eigenvalue weighted by Crippen LogP contribution is -2.16. The molecule has 0 bridgehead atoms. The predicted molar refractivity (Wildman–Crippen MR) is 88.7 cm³/mol. The van der Waals surface area contributed by atoms with Gasteiger partial charge in [-0.1, -0.05) is 20.3 Å². The largest absolute Gasteiger partial charge is 0.490 e. The van der Waals surface area contributed by atoms with Crippen molar-refractivity contribution in [3.8, 4) is 11.5 Å². The second-order valence-corrected chi connectivity index (χ2v) is 4.88. The normalized spacial score (nSPS) is 10.7. The van der Waals surface area contributed by atoms with E-state index in [1.807, 2.05) is 32.0 Å². The van der Waals surface area contributed by atoms with E-state index >= 15 is 0 Å². The Morgan fingerprint density at radius 3 is 2.68 bits per heavy atom. The van der Waals surface area contributed by atoms with Gasteiger partial charge in [0.15, 0.2) is 11.5 Å². The number of unbranched alkanes of at least 4 members (excludes halogenated alkanes) is 1. The summed E-state index contributed by atoms with van der Waals surface area (Å²) in [6.45, 7) is 7.26. The zero-order chi connectivity index (χ0) is 16.2. The number of carbonyl (C=O) groups is 1. The molecular weight excluding hydrogens is 280 g/mol. The first kappa shape index (κ1) is 18.0. The third-order valence-corrected chi connectivity index (χ3v) is 2.89. The molecule has 1 rings (SSSR count). The van der Waals surface area contributed by atoms with Crippen LogP contribution in [0.2, 0.25) is 0 Å². The van der Waals surface area contributed by atoms with Gasteiger partial charge in [-0.25, -0.2) is 5.43 Å². The van der Waals surface area contributed by atoms with Gasteiger partial charge in [0.25, 0.3) is 0 Å². The van der Waals surface area contributed by atoms with E-state index in [4.69, 9.17) is 9.47 Å². The molecule has 0 radical (unpaired) electrons. The monoisotopic (exact) mass is 306 g/mol. The molecule has 0 aliphatic rings. The van der Waals surface area contributed by atoms with Crippen molar-refractivity contribution in [3.63, 3.8) is 0 Å². The molecule has 1 aromatic rings. The van der Waals surface area contributed by atoms with Gasteiger partial charge in [-0.3, -0.25) is 4.79 Å². The van der Waals surface area contributed by atoms with E-state index in [-0.39, 0.29) is 5.91 Å². The van der Waals surface area contributed by atoms with Crippen molar-refractivity contribution in [1.82, 2.24) is 5.43 Å². The first-order valence-corrected chi connectivity index (χ1v) is 7.92. The van der Waals surface area contributed by atoms with Crippen LogP contribution in [-0.2, 0) is 4.79 Å². The summed E-state index contributed by atoms with van der Waals surface area (Å²) in [5.41, 5.74) is 3.37. The molecule has 22 heavy (non-hydrogen) atoms. The Balaban J connectivity index is 2.66. The molecule has 0 atom stereocenters. The average molecular weight is 306 g/mol. The minimum Gasteiger partial charge on any atom is -0.490 e. The summed E-state index contributed by atoms with van der Waals surface area (Å²) < 4.78 is 11.2. The van der Waals surface area contributed by atoms with Gasteiger partial charge < -0.3 is 9.47 Å². The van der Waals surface area contributed by atoms with Crippen LogP contribution in [0.1, 0.15) is 52.0 Å². The molecule has 0 heterocycles. The molecule has 5 heteroatoms. The van der Waals surface area contributed by atoms with E-state index in [1.165, 1.54) is 0 Å². The van der Waals surface area contributed by atoms with E-state index in [0.29, 0.717) is 25.4 Å². The fourth-order valence-corrected chi connectivity index (χ4v) is 1.78. The minimum absolute atomic E-state index is 0.0639. The number of nitrogens with one attached hydrogen (secondary N) is 1. The lowest BCUT2D eigenvalue weighted by atomic mass is 10.2. The fourth-order valence-electron chi connectivity index (χ4n) is 1.78. The lowest BCUT2D eigenvalue weighted by Gasteiger charge is -2.11. The number of ether oxygens (including phenoxy) is 2. The van der Waals surface area contributed by atoms with Crippen molar-refractivity contribution in [2.45, 2.75) is 46.5 Å². The number of hydrogen-bond donors (Lipinski definition) is 1. The van der Waals surface area contributed by atoms with E-state index in [1.54, 1.807) is 6.21 Å². The number of amides is 1. The highest BCUT2D eigenvalue weighted by Crippen LogP contribution is 2.28.